The molecule has 0 bridgehead atoms. The van der Waals surface area contributed by atoms with Crippen molar-refractivity contribution < 1.29 is 4.42 Å². The molecule has 0 amide bonds. The van der Waals surface area contributed by atoms with E-state index in [0.29, 0.717) is 17.6 Å². The molecule has 12 rings (SSSR count). The van der Waals surface area contributed by atoms with Gasteiger partial charge in [-0.1, -0.05) is 152 Å². The molecule has 0 atom stereocenters. The molecule has 1 aliphatic heterocycles. The van der Waals surface area contributed by atoms with Gasteiger partial charge in [0.05, 0.1) is 22.2 Å². The van der Waals surface area contributed by atoms with Gasteiger partial charge in [-0.2, -0.15) is 9.97 Å². The monoisotopic (exact) mass is 676 g/mol. The van der Waals surface area contributed by atoms with Crippen molar-refractivity contribution in [1.82, 2.24) is 15.0 Å². The molecule has 0 radical (unpaired) electrons. The molecular formula is C48H28N4O. The summed E-state index contributed by atoms with van der Waals surface area (Å²) in [5.41, 5.74) is 16.4. The summed E-state index contributed by atoms with van der Waals surface area (Å²) < 4.78 is 6.84. The van der Waals surface area contributed by atoms with E-state index in [0.717, 1.165) is 50.2 Å². The van der Waals surface area contributed by atoms with Gasteiger partial charge >= 0.3 is 0 Å². The van der Waals surface area contributed by atoms with E-state index in [2.05, 4.69) is 108 Å². The second kappa shape index (κ2) is 10.5. The number of hydrogen-bond donors (Lipinski definition) is 0. The van der Waals surface area contributed by atoms with Gasteiger partial charge in [0.1, 0.15) is 11.8 Å². The highest BCUT2D eigenvalue weighted by Gasteiger charge is 2.53. The molecular weight excluding hydrogens is 649 g/mol. The first-order chi connectivity index (χ1) is 26.3. The van der Waals surface area contributed by atoms with Crippen molar-refractivity contribution in [2.45, 2.75) is 5.41 Å². The van der Waals surface area contributed by atoms with Gasteiger partial charge in [-0.3, -0.25) is 4.90 Å². The minimum atomic E-state index is -0.480. The zero-order valence-corrected chi connectivity index (χ0v) is 28.4. The molecule has 1 spiro atoms. The molecule has 2 aromatic heterocycles. The smallest absolute Gasteiger partial charge is 0.238 e. The molecule has 53 heavy (non-hydrogen) atoms. The minimum Gasteiger partial charge on any atom is -0.461 e. The first-order valence-electron chi connectivity index (χ1n) is 17.9. The van der Waals surface area contributed by atoms with Gasteiger partial charge < -0.3 is 4.42 Å². The molecule has 3 heterocycles. The Labute approximate surface area is 305 Å². The number of hydrogen-bond acceptors (Lipinski definition) is 5. The van der Waals surface area contributed by atoms with E-state index in [1.807, 2.05) is 66.9 Å². The van der Waals surface area contributed by atoms with E-state index in [-0.39, 0.29) is 0 Å². The largest absolute Gasteiger partial charge is 0.461 e. The van der Waals surface area contributed by atoms with Crippen LogP contribution in [0.3, 0.4) is 0 Å². The third kappa shape index (κ3) is 3.68. The molecule has 7 aromatic carbocycles. The summed E-state index contributed by atoms with van der Waals surface area (Å²) in [6.45, 7) is 0. The van der Waals surface area contributed by atoms with Crippen LogP contribution in [0.1, 0.15) is 22.3 Å². The van der Waals surface area contributed by atoms with Crippen LogP contribution in [0.25, 0.3) is 67.1 Å². The molecule has 0 unspecified atom stereocenters. The summed E-state index contributed by atoms with van der Waals surface area (Å²) in [6.07, 6.45) is 1.89. The third-order valence-electron chi connectivity index (χ3n) is 11.3. The molecule has 5 nitrogen and oxygen atoms in total. The van der Waals surface area contributed by atoms with E-state index in [1.165, 1.54) is 38.9 Å². The lowest BCUT2D eigenvalue weighted by molar-refractivity contribution is 0.616. The maximum absolute atomic E-state index is 6.84. The van der Waals surface area contributed by atoms with E-state index >= 15 is 0 Å². The lowest BCUT2D eigenvalue weighted by Gasteiger charge is -2.32. The van der Waals surface area contributed by atoms with Gasteiger partial charge in [0, 0.05) is 22.3 Å². The van der Waals surface area contributed by atoms with Crippen LogP contribution < -0.4 is 4.90 Å². The Hall–Kier alpha value is -7.11. The van der Waals surface area contributed by atoms with Gasteiger partial charge in [0.15, 0.2) is 11.6 Å². The average Bonchev–Trinajstić information content (AvgIpc) is 3.89. The van der Waals surface area contributed by atoms with Gasteiger partial charge in [0.25, 0.3) is 0 Å². The van der Waals surface area contributed by atoms with Crippen LogP contribution >= 0.6 is 0 Å². The first kappa shape index (κ1) is 28.6. The van der Waals surface area contributed by atoms with Crippen LogP contribution in [-0.2, 0) is 5.41 Å². The van der Waals surface area contributed by atoms with Gasteiger partial charge in [-0.25, -0.2) is 4.98 Å². The van der Waals surface area contributed by atoms with E-state index < -0.39 is 5.41 Å². The summed E-state index contributed by atoms with van der Waals surface area (Å²) >= 11 is 0. The van der Waals surface area contributed by atoms with Crippen molar-refractivity contribution in [1.29, 1.82) is 0 Å². The first-order valence-corrected chi connectivity index (χ1v) is 17.9. The topological polar surface area (TPSA) is 55.1 Å². The molecule has 2 aliphatic carbocycles. The highest BCUT2D eigenvalue weighted by Crippen LogP contribution is 2.66. The minimum absolute atomic E-state index is 0.480. The SMILES string of the molecule is c1ccc(-c2nc(-c3ccccc3)nc(N3c4ccccc4-c4cc5c(c6occ3c46)-c3ccccc3C53c4ccccc4-c4ccccc43)n2)cc1. The summed E-state index contributed by atoms with van der Waals surface area (Å²) in [4.78, 5) is 17.5. The van der Waals surface area contributed by atoms with Crippen LogP contribution in [0.4, 0.5) is 17.3 Å². The van der Waals surface area contributed by atoms with Crippen molar-refractivity contribution >= 4 is 28.3 Å². The van der Waals surface area contributed by atoms with Crippen LogP contribution in [0, 0.1) is 0 Å². The Kier molecular flexibility index (Phi) is 5.64. The number of rotatable bonds is 3. The normalized spacial score (nSPS) is 13.8. The molecule has 0 fully saturated rings. The maximum Gasteiger partial charge on any atom is 0.238 e. The number of benzene rings is 7. The molecule has 0 N–H and O–H groups in total. The average molecular weight is 677 g/mol. The molecule has 5 heteroatoms. The predicted octanol–water partition coefficient (Wildman–Crippen LogP) is 11.7. The number of anilines is 3. The fourth-order valence-corrected chi connectivity index (χ4v) is 9.27. The van der Waals surface area contributed by atoms with Gasteiger partial charge in [0.2, 0.25) is 5.95 Å². The van der Waals surface area contributed by atoms with Gasteiger partial charge in [-0.15, -0.1) is 0 Å². The molecule has 246 valence electrons. The number of nitrogens with zero attached hydrogens (tertiary/aromatic N) is 4. The number of fused-ring (bicyclic) bond motifs is 13. The summed E-state index contributed by atoms with van der Waals surface area (Å²) in [5, 5.41) is 1.05. The van der Waals surface area contributed by atoms with Crippen LogP contribution in [-0.4, -0.2) is 15.0 Å². The van der Waals surface area contributed by atoms with E-state index in [1.54, 1.807) is 0 Å². The van der Waals surface area contributed by atoms with E-state index in [4.69, 9.17) is 19.4 Å². The lowest BCUT2D eigenvalue weighted by Crippen LogP contribution is -2.26. The summed E-state index contributed by atoms with van der Waals surface area (Å²) in [5.74, 6) is 1.76. The van der Waals surface area contributed by atoms with Crippen molar-refractivity contribution in [3.63, 3.8) is 0 Å². The molecule has 9 aromatic rings. The Morgan fingerprint density at radius 1 is 0.434 bits per heavy atom. The van der Waals surface area contributed by atoms with Crippen molar-refractivity contribution in [3.8, 4) is 56.2 Å². The second-order valence-corrected chi connectivity index (χ2v) is 13.9. The zero-order chi connectivity index (χ0) is 34.7. The maximum atomic E-state index is 6.84. The van der Waals surface area contributed by atoms with E-state index in [9.17, 15) is 0 Å². The molecule has 3 aliphatic rings. The van der Waals surface area contributed by atoms with Crippen LogP contribution in [0.15, 0.2) is 174 Å². The fraction of sp³-hybridized carbons (Fsp3) is 0.0208. The van der Waals surface area contributed by atoms with Crippen LogP contribution in [0.2, 0.25) is 0 Å². The summed E-state index contributed by atoms with van der Waals surface area (Å²) in [6, 6.07) is 58.0. The van der Waals surface area contributed by atoms with Gasteiger partial charge in [-0.05, 0) is 56.6 Å². The number of para-hydroxylation sites is 1. The number of aromatic nitrogens is 3. The molecule has 0 saturated heterocycles. The van der Waals surface area contributed by atoms with Crippen molar-refractivity contribution in [2.75, 3.05) is 4.90 Å². The highest BCUT2D eigenvalue weighted by atomic mass is 16.3. The Balaban J connectivity index is 1.17. The number of furan rings is 1. The molecule has 0 saturated carbocycles. The van der Waals surface area contributed by atoms with Crippen molar-refractivity contribution in [3.05, 3.63) is 192 Å². The Bertz CT molecular complexity index is 2860. The third-order valence-corrected chi connectivity index (χ3v) is 11.3. The summed E-state index contributed by atoms with van der Waals surface area (Å²) in [7, 11) is 0. The van der Waals surface area contributed by atoms with Crippen molar-refractivity contribution in [2.24, 2.45) is 0 Å². The quantitative estimate of drug-likeness (QED) is 0.186. The predicted molar refractivity (Wildman–Crippen MR) is 210 cm³/mol. The fourth-order valence-electron chi connectivity index (χ4n) is 9.27. The zero-order valence-electron chi connectivity index (χ0n) is 28.4. The Morgan fingerprint density at radius 3 is 1.57 bits per heavy atom. The highest BCUT2D eigenvalue weighted by molar-refractivity contribution is 6.18. The lowest BCUT2D eigenvalue weighted by atomic mass is 9.70. The standard InChI is InChI=1S/C48H28N4O/c1-3-15-29(16-4-1)45-49-46(30-17-5-2-6-18-30)51-47(50-45)52-40-26-14-10-21-33(40)35-27-39-42(44-43(35)41(52)28-53-44)34-22-9-13-25-38(34)48(39)36-23-11-7-19-31(36)32-20-8-12-24-37(32)48/h1-28H. The Morgan fingerprint density at radius 2 is 0.943 bits per heavy atom. The second-order valence-electron chi connectivity index (χ2n) is 13.9. The van der Waals surface area contributed by atoms with Crippen LogP contribution in [0.5, 0.6) is 0 Å².